The number of aromatic nitrogens is 2. The van der Waals surface area contributed by atoms with Crippen molar-refractivity contribution in [2.24, 2.45) is 5.73 Å². The van der Waals surface area contributed by atoms with Crippen LogP contribution in [0.5, 0.6) is 5.75 Å². The van der Waals surface area contributed by atoms with Crippen LogP contribution in [0.15, 0.2) is 65.8 Å². The molecule has 2 aromatic carbocycles. The fourth-order valence-electron chi connectivity index (χ4n) is 4.62. The molecule has 2 aromatic heterocycles. The van der Waals surface area contributed by atoms with Crippen LogP contribution < -0.4 is 10.5 Å². The molecule has 8 nitrogen and oxygen atoms in total. The van der Waals surface area contributed by atoms with Gasteiger partial charge in [0.2, 0.25) is 5.91 Å². The predicted molar refractivity (Wildman–Crippen MR) is 137 cm³/mol. The number of nitrogens with two attached hydrogens (primary N) is 1. The van der Waals surface area contributed by atoms with Gasteiger partial charge in [-0.05, 0) is 63.2 Å². The molecule has 0 aliphatic carbocycles. The third kappa shape index (κ3) is 4.47. The lowest BCUT2D eigenvalue weighted by atomic mass is 9.99. The van der Waals surface area contributed by atoms with Crippen molar-refractivity contribution in [2.75, 3.05) is 20.1 Å². The first kappa shape index (κ1) is 24.0. The Bertz CT molecular complexity index is 1540. The number of likely N-dealkylation sites (N-methyl/N-ethyl adjacent to an activating group) is 1. The molecule has 1 atom stereocenters. The van der Waals surface area contributed by atoms with E-state index < -0.39 is 15.9 Å². The molecule has 0 saturated carbocycles. The van der Waals surface area contributed by atoms with E-state index in [0.717, 1.165) is 35.5 Å². The maximum absolute atomic E-state index is 13.3. The van der Waals surface area contributed by atoms with Crippen LogP contribution in [0.25, 0.3) is 22.2 Å². The van der Waals surface area contributed by atoms with E-state index in [4.69, 9.17) is 10.5 Å². The van der Waals surface area contributed by atoms with Crippen LogP contribution in [0.1, 0.15) is 28.8 Å². The molecule has 1 radical (unpaired) electrons. The van der Waals surface area contributed by atoms with Crippen LogP contribution in [-0.2, 0) is 10.0 Å². The van der Waals surface area contributed by atoms with Crippen LogP contribution in [0.2, 0.25) is 0 Å². The van der Waals surface area contributed by atoms with Gasteiger partial charge in [-0.25, -0.2) is 17.4 Å². The van der Waals surface area contributed by atoms with E-state index >= 15 is 0 Å². The standard InChI is InChI=1S/C27H27N4O4S/c1-18-8-10-22(11-9-18)36(33,34)31-14-12-23-25(26(28)32)24(16-29-27(23)31)19-5-3-6-20(15-19)35-21-7-4-13-30(2)17-21/h3,5-6,8-11,14-16,21H,4,7,13,17H2,1-2H3,(H2,28,32). The molecule has 9 heteroatoms. The summed E-state index contributed by atoms with van der Waals surface area (Å²) in [5.74, 6) is -0.00817. The van der Waals surface area contributed by atoms with Crippen LogP contribution in [-0.4, -0.2) is 54.4 Å². The van der Waals surface area contributed by atoms with Crippen molar-refractivity contribution in [3.05, 3.63) is 78.1 Å². The summed E-state index contributed by atoms with van der Waals surface area (Å²) >= 11 is 0. The fraction of sp³-hybridized carbons (Fsp3) is 0.259. The van der Waals surface area contributed by atoms with E-state index in [1.54, 1.807) is 12.1 Å². The van der Waals surface area contributed by atoms with E-state index in [1.807, 2.05) is 31.2 Å². The second kappa shape index (κ2) is 9.40. The molecule has 1 aliphatic heterocycles. The number of pyridine rings is 1. The van der Waals surface area contributed by atoms with Crippen LogP contribution in [0.3, 0.4) is 0 Å². The number of piperidine rings is 1. The van der Waals surface area contributed by atoms with E-state index in [1.165, 1.54) is 24.5 Å². The average Bonchev–Trinajstić information content (AvgIpc) is 3.29. The third-order valence-electron chi connectivity index (χ3n) is 6.45. The number of ether oxygens (including phenoxy) is 1. The molecular weight excluding hydrogens is 476 g/mol. The number of rotatable bonds is 6. The minimum atomic E-state index is -3.94. The van der Waals surface area contributed by atoms with Crippen molar-refractivity contribution >= 4 is 27.0 Å². The monoisotopic (exact) mass is 503 g/mol. The lowest BCUT2D eigenvalue weighted by Gasteiger charge is -2.30. The maximum Gasteiger partial charge on any atom is 0.269 e. The number of benzene rings is 2. The van der Waals surface area contributed by atoms with E-state index in [0.29, 0.717) is 16.9 Å². The average molecular weight is 504 g/mol. The first-order chi connectivity index (χ1) is 17.2. The minimum absolute atomic E-state index is 0.0876. The number of nitrogens with zero attached hydrogens (tertiary/aromatic N) is 3. The number of fused-ring (bicyclic) bond motifs is 1. The van der Waals surface area contributed by atoms with E-state index in [-0.39, 0.29) is 27.6 Å². The smallest absolute Gasteiger partial charge is 0.269 e. The lowest BCUT2D eigenvalue weighted by Crippen LogP contribution is -2.38. The largest absolute Gasteiger partial charge is 0.489 e. The maximum atomic E-state index is 13.3. The summed E-state index contributed by atoms with van der Waals surface area (Å²) in [6.07, 6.45) is 4.90. The number of amides is 1. The molecule has 2 N–H and O–H groups in total. The van der Waals surface area contributed by atoms with Gasteiger partial charge in [-0.1, -0.05) is 29.8 Å². The van der Waals surface area contributed by atoms with Crippen molar-refractivity contribution < 1.29 is 17.9 Å². The van der Waals surface area contributed by atoms with Crippen LogP contribution in [0.4, 0.5) is 0 Å². The first-order valence-corrected chi connectivity index (χ1v) is 13.2. The summed E-state index contributed by atoms with van der Waals surface area (Å²) in [7, 11) is -1.86. The van der Waals surface area contributed by atoms with Crippen molar-refractivity contribution in [1.82, 2.24) is 13.9 Å². The zero-order valence-corrected chi connectivity index (χ0v) is 21.0. The Labute approximate surface area is 210 Å². The fourth-order valence-corrected chi connectivity index (χ4v) is 5.88. The van der Waals surface area contributed by atoms with Gasteiger partial charge in [-0.3, -0.25) is 4.79 Å². The van der Waals surface area contributed by atoms with Crippen LogP contribution in [0, 0.1) is 13.0 Å². The number of hydrogen-bond donors (Lipinski definition) is 1. The number of aryl methyl sites for hydroxylation is 1. The van der Waals surface area contributed by atoms with E-state index in [9.17, 15) is 13.2 Å². The summed E-state index contributed by atoms with van der Waals surface area (Å²) in [5, 5.41) is 0.246. The highest BCUT2D eigenvalue weighted by molar-refractivity contribution is 7.90. The topological polar surface area (TPSA) is 108 Å². The highest BCUT2D eigenvalue weighted by Crippen LogP contribution is 2.32. The quantitative estimate of drug-likeness (QED) is 0.431. The molecule has 1 saturated heterocycles. The molecule has 1 unspecified atom stereocenters. The highest BCUT2D eigenvalue weighted by Gasteiger charge is 2.24. The molecule has 1 fully saturated rings. The number of carbonyl (C=O) groups excluding carboxylic acids is 1. The Morgan fingerprint density at radius 3 is 2.69 bits per heavy atom. The Balaban J connectivity index is 1.56. The summed E-state index contributed by atoms with van der Waals surface area (Å²) in [4.78, 5) is 19.4. The zero-order chi connectivity index (χ0) is 25.4. The Hall–Kier alpha value is -3.69. The second-order valence-electron chi connectivity index (χ2n) is 9.17. The number of carbonyl (C=O) groups is 1. The first-order valence-electron chi connectivity index (χ1n) is 11.7. The van der Waals surface area contributed by atoms with Gasteiger partial charge in [-0.2, -0.15) is 0 Å². The molecule has 36 heavy (non-hydrogen) atoms. The minimum Gasteiger partial charge on any atom is -0.489 e. The Kier molecular flexibility index (Phi) is 6.27. The van der Waals surface area contributed by atoms with Crippen molar-refractivity contribution in [2.45, 2.75) is 30.8 Å². The lowest BCUT2D eigenvalue weighted by molar-refractivity contribution is 0.100. The van der Waals surface area contributed by atoms with Gasteiger partial charge < -0.3 is 15.4 Å². The predicted octanol–water partition coefficient (Wildman–Crippen LogP) is 3.62. The van der Waals surface area contributed by atoms with Gasteiger partial charge in [0, 0.05) is 36.0 Å². The zero-order valence-electron chi connectivity index (χ0n) is 20.1. The van der Waals surface area contributed by atoms with Gasteiger partial charge in [-0.15, -0.1) is 0 Å². The summed E-state index contributed by atoms with van der Waals surface area (Å²) < 4.78 is 33.8. The Morgan fingerprint density at radius 1 is 1.19 bits per heavy atom. The second-order valence-corrected chi connectivity index (χ2v) is 11.0. The van der Waals surface area contributed by atoms with Gasteiger partial charge in [0.05, 0.1) is 10.5 Å². The molecule has 3 heterocycles. The molecule has 185 valence electrons. The number of hydrogen-bond acceptors (Lipinski definition) is 6. The molecule has 0 bridgehead atoms. The third-order valence-corrected chi connectivity index (χ3v) is 8.11. The van der Waals surface area contributed by atoms with Gasteiger partial charge in [0.25, 0.3) is 10.0 Å². The molecule has 0 spiro atoms. The summed E-state index contributed by atoms with van der Waals surface area (Å²) in [6.45, 7) is 3.79. The summed E-state index contributed by atoms with van der Waals surface area (Å²) in [5.41, 5.74) is 8.16. The van der Waals surface area contributed by atoms with Crippen LogP contribution >= 0.6 is 0 Å². The number of likely N-dealkylation sites (tertiary alicyclic amines) is 1. The summed E-state index contributed by atoms with van der Waals surface area (Å²) in [6, 6.07) is 16.9. The van der Waals surface area contributed by atoms with Crippen molar-refractivity contribution in [1.29, 1.82) is 0 Å². The Morgan fingerprint density at radius 2 is 1.97 bits per heavy atom. The molecular formula is C27H27N4O4S. The van der Waals surface area contributed by atoms with Gasteiger partial charge in [0.1, 0.15) is 11.9 Å². The van der Waals surface area contributed by atoms with E-state index in [2.05, 4.69) is 23.0 Å². The molecule has 1 aliphatic rings. The normalized spacial score (nSPS) is 16.8. The van der Waals surface area contributed by atoms with Crippen molar-refractivity contribution in [3.63, 3.8) is 0 Å². The molecule has 1 amide bonds. The highest BCUT2D eigenvalue weighted by atomic mass is 32.2. The molecule has 5 rings (SSSR count). The SMILES string of the molecule is Cc1ccc(S(=O)(=O)n2c[c]c3c(C(N)=O)c(-c4cccc(OC5CCCN(C)C5)c4)cnc32)cc1. The molecule has 4 aromatic rings. The van der Waals surface area contributed by atoms with Gasteiger partial charge >= 0.3 is 0 Å². The number of primary amides is 1. The van der Waals surface area contributed by atoms with Gasteiger partial charge in [0.15, 0.2) is 5.65 Å². The van der Waals surface area contributed by atoms with Crippen molar-refractivity contribution in [3.8, 4) is 16.9 Å².